The number of hydrogen-bond acceptors (Lipinski definition) is 4. The quantitative estimate of drug-likeness (QED) is 0.251. The summed E-state index contributed by atoms with van der Waals surface area (Å²) in [5.74, 6) is -0.349. The van der Waals surface area contributed by atoms with Crippen molar-refractivity contribution in [3.63, 3.8) is 0 Å². The Morgan fingerprint density at radius 1 is 1.05 bits per heavy atom. The summed E-state index contributed by atoms with van der Waals surface area (Å²) >= 11 is 1.48. The fraction of sp³-hybridized carbons (Fsp3) is 0.414. The second kappa shape index (κ2) is 12.2. The molecule has 1 N–H and O–H groups in total. The number of thioether (sulfide) groups is 1. The van der Waals surface area contributed by atoms with E-state index < -0.39 is 11.7 Å². The van der Waals surface area contributed by atoms with E-state index in [-0.39, 0.29) is 28.8 Å². The lowest BCUT2D eigenvalue weighted by Gasteiger charge is -2.32. The highest BCUT2D eigenvalue weighted by Gasteiger charge is 2.31. The fourth-order valence-corrected chi connectivity index (χ4v) is 4.97. The van der Waals surface area contributed by atoms with Crippen molar-refractivity contribution in [2.45, 2.75) is 39.8 Å². The van der Waals surface area contributed by atoms with Crippen molar-refractivity contribution in [2.75, 3.05) is 25.9 Å². The fourth-order valence-electron chi connectivity index (χ4n) is 4.19. The Morgan fingerprint density at radius 2 is 1.66 bits per heavy atom. The van der Waals surface area contributed by atoms with Crippen LogP contribution in [0.3, 0.4) is 0 Å². The molecule has 0 bridgehead atoms. The van der Waals surface area contributed by atoms with E-state index in [9.17, 15) is 22.8 Å². The van der Waals surface area contributed by atoms with Crippen molar-refractivity contribution in [1.29, 1.82) is 0 Å². The maximum absolute atomic E-state index is 13.4. The monoisotopic (exact) mass is 545 g/mol. The van der Waals surface area contributed by atoms with Crippen LogP contribution in [0.25, 0.3) is 11.1 Å². The first kappa shape index (κ1) is 29.5. The number of carbonyl (C=O) groups excluding carboxylic acids is 2. The number of rotatable bonds is 6. The summed E-state index contributed by atoms with van der Waals surface area (Å²) in [6.07, 6.45) is -1.13. The SMILES string of the molecule is C=C(N=C(SC)C1CCN(C(=O)c2ccccc2-c2ccc(C(F)(F)F)cc2)CC1)C(=O)NCC(C)(C)C. The van der Waals surface area contributed by atoms with E-state index in [0.29, 0.717) is 49.2 Å². The first-order valence-electron chi connectivity index (χ1n) is 12.5. The minimum Gasteiger partial charge on any atom is -0.350 e. The molecule has 2 aromatic carbocycles. The molecule has 0 radical (unpaired) electrons. The third-order valence-corrected chi connectivity index (χ3v) is 7.15. The predicted molar refractivity (Wildman–Crippen MR) is 148 cm³/mol. The van der Waals surface area contributed by atoms with Crippen molar-refractivity contribution >= 4 is 28.6 Å². The van der Waals surface area contributed by atoms with Crippen LogP contribution in [0.1, 0.15) is 49.5 Å². The molecular formula is C29H34F3N3O2S. The van der Waals surface area contributed by atoms with Crippen LogP contribution in [0.4, 0.5) is 13.2 Å². The Balaban J connectivity index is 1.68. The van der Waals surface area contributed by atoms with E-state index in [1.54, 1.807) is 29.2 Å². The first-order chi connectivity index (χ1) is 17.8. The van der Waals surface area contributed by atoms with Gasteiger partial charge in [0, 0.05) is 31.1 Å². The van der Waals surface area contributed by atoms with Crippen molar-refractivity contribution < 1.29 is 22.8 Å². The van der Waals surface area contributed by atoms with E-state index in [4.69, 9.17) is 0 Å². The number of nitrogens with zero attached hydrogens (tertiary/aromatic N) is 2. The van der Waals surface area contributed by atoms with Crippen LogP contribution < -0.4 is 5.32 Å². The number of hydrogen-bond donors (Lipinski definition) is 1. The van der Waals surface area contributed by atoms with Gasteiger partial charge in [0.25, 0.3) is 11.8 Å². The van der Waals surface area contributed by atoms with Crippen LogP contribution in [0, 0.1) is 11.3 Å². The van der Waals surface area contributed by atoms with E-state index in [1.807, 2.05) is 27.0 Å². The third-order valence-electron chi connectivity index (χ3n) is 6.31. The van der Waals surface area contributed by atoms with Crippen molar-refractivity contribution in [2.24, 2.45) is 16.3 Å². The summed E-state index contributed by atoms with van der Waals surface area (Å²) in [7, 11) is 0. The summed E-state index contributed by atoms with van der Waals surface area (Å²) in [6.45, 7) is 11.5. The van der Waals surface area contributed by atoms with Gasteiger partial charge in [-0.3, -0.25) is 9.59 Å². The van der Waals surface area contributed by atoms with Crippen LogP contribution in [-0.2, 0) is 11.0 Å². The predicted octanol–water partition coefficient (Wildman–Crippen LogP) is 6.66. The first-order valence-corrected chi connectivity index (χ1v) is 13.7. The van der Waals surface area contributed by atoms with Crippen LogP contribution >= 0.6 is 11.8 Å². The van der Waals surface area contributed by atoms with Gasteiger partial charge in [-0.15, -0.1) is 11.8 Å². The van der Waals surface area contributed by atoms with Crippen LogP contribution in [0.5, 0.6) is 0 Å². The van der Waals surface area contributed by atoms with E-state index in [2.05, 4.69) is 16.9 Å². The van der Waals surface area contributed by atoms with Crippen LogP contribution in [-0.4, -0.2) is 47.6 Å². The van der Waals surface area contributed by atoms with Crippen LogP contribution in [0.15, 0.2) is 65.8 Å². The molecule has 0 aliphatic carbocycles. The highest BCUT2D eigenvalue weighted by Crippen LogP contribution is 2.33. The van der Waals surface area contributed by atoms with Gasteiger partial charge in [0.2, 0.25) is 0 Å². The summed E-state index contributed by atoms with van der Waals surface area (Å²) in [5, 5.41) is 3.68. The van der Waals surface area contributed by atoms with Gasteiger partial charge in [0.1, 0.15) is 5.70 Å². The van der Waals surface area contributed by atoms with E-state index >= 15 is 0 Å². The molecule has 0 unspecified atom stereocenters. The molecule has 0 spiro atoms. The molecule has 0 saturated carbocycles. The van der Waals surface area contributed by atoms with Gasteiger partial charge in [-0.05, 0) is 53.8 Å². The number of carbonyl (C=O) groups is 2. The van der Waals surface area contributed by atoms with Crippen molar-refractivity contribution in [3.8, 4) is 11.1 Å². The molecule has 1 aliphatic heterocycles. The lowest BCUT2D eigenvalue weighted by molar-refractivity contribution is -0.137. The second-order valence-corrected chi connectivity index (χ2v) is 11.4. The van der Waals surface area contributed by atoms with Crippen molar-refractivity contribution in [3.05, 3.63) is 71.9 Å². The van der Waals surface area contributed by atoms with Gasteiger partial charge < -0.3 is 10.2 Å². The average Bonchev–Trinajstić information content (AvgIpc) is 2.89. The number of benzene rings is 2. The number of piperidine rings is 1. The van der Waals surface area contributed by atoms with Gasteiger partial charge in [-0.2, -0.15) is 13.2 Å². The minimum atomic E-state index is -4.42. The lowest BCUT2D eigenvalue weighted by Crippen LogP contribution is -2.40. The molecule has 204 valence electrons. The number of likely N-dealkylation sites (tertiary alicyclic amines) is 1. The Bertz CT molecular complexity index is 1190. The number of nitrogens with one attached hydrogen (secondary N) is 1. The summed E-state index contributed by atoms with van der Waals surface area (Å²) in [5.41, 5.74) is 0.991. The summed E-state index contributed by atoms with van der Waals surface area (Å²) < 4.78 is 38.9. The number of amides is 2. The molecule has 38 heavy (non-hydrogen) atoms. The second-order valence-electron chi connectivity index (χ2n) is 10.5. The normalized spacial score (nSPS) is 15.3. The van der Waals surface area contributed by atoms with Gasteiger partial charge in [0.05, 0.1) is 10.6 Å². The average molecular weight is 546 g/mol. The minimum absolute atomic E-state index is 0.0491. The van der Waals surface area contributed by atoms with Crippen molar-refractivity contribution in [1.82, 2.24) is 10.2 Å². The molecule has 2 amide bonds. The highest BCUT2D eigenvalue weighted by molar-refractivity contribution is 8.13. The highest BCUT2D eigenvalue weighted by atomic mass is 32.2. The maximum atomic E-state index is 13.4. The Morgan fingerprint density at radius 3 is 2.21 bits per heavy atom. The smallest absolute Gasteiger partial charge is 0.350 e. The molecule has 1 saturated heterocycles. The zero-order chi connectivity index (χ0) is 28.1. The van der Waals surface area contributed by atoms with Gasteiger partial charge in [-0.1, -0.05) is 57.7 Å². The molecule has 1 fully saturated rings. The zero-order valence-corrected chi connectivity index (χ0v) is 23.0. The van der Waals surface area contributed by atoms with Crippen LogP contribution in [0.2, 0.25) is 0 Å². The lowest BCUT2D eigenvalue weighted by atomic mass is 9.94. The summed E-state index contributed by atoms with van der Waals surface area (Å²) in [6, 6.07) is 11.8. The molecular weight excluding hydrogens is 511 g/mol. The third kappa shape index (κ3) is 7.72. The van der Waals surface area contributed by atoms with E-state index in [1.165, 1.54) is 23.9 Å². The maximum Gasteiger partial charge on any atom is 0.416 e. The molecule has 1 aliphatic rings. The molecule has 2 aromatic rings. The standard InChI is InChI=1S/C29H34F3N3O2S/c1-19(25(36)33-18-28(2,3)4)34-26(38-5)21-14-16-35(17-15-21)27(37)24-9-7-6-8-23(24)20-10-12-22(13-11-20)29(30,31)32/h6-13,21H,1,14-18H2,2-5H3,(H,33,36). The molecule has 9 heteroatoms. The van der Waals surface area contributed by atoms with E-state index in [0.717, 1.165) is 17.2 Å². The molecule has 1 heterocycles. The Hall–Kier alpha value is -3.07. The largest absolute Gasteiger partial charge is 0.416 e. The molecule has 5 nitrogen and oxygen atoms in total. The number of aliphatic imine (C=N–C) groups is 1. The molecule has 3 rings (SSSR count). The number of halogens is 3. The molecule has 0 aromatic heterocycles. The van der Waals surface area contributed by atoms with Gasteiger partial charge in [-0.25, -0.2) is 4.99 Å². The zero-order valence-electron chi connectivity index (χ0n) is 22.2. The Kier molecular flexibility index (Phi) is 9.46. The van der Waals surface area contributed by atoms with Gasteiger partial charge >= 0.3 is 6.18 Å². The topological polar surface area (TPSA) is 61.8 Å². The molecule has 0 atom stereocenters. The number of alkyl halides is 3. The Labute approximate surface area is 226 Å². The van der Waals surface area contributed by atoms with Gasteiger partial charge in [0.15, 0.2) is 0 Å². The summed E-state index contributed by atoms with van der Waals surface area (Å²) in [4.78, 5) is 32.1.